The molecule has 0 aromatic heterocycles. The summed E-state index contributed by atoms with van der Waals surface area (Å²) in [4.78, 5) is 0.418. The standard InChI is InChI=1S/C11H17BrO2/c12-10-7-8-2-1-3-9(6-8)11(10)13-4-5-14-11/h8-10H,1-7H2. The minimum absolute atomic E-state index is 0.253. The third kappa shape index (κ3) is 1.29. The second kappa shape index (κ2) is 3.46. The number of hydrogen-bond donors (Lipinski definition) is 0. The van der Waals surface area contributed by atoms with Crippen LogP contribution in [0.25, 0.3) is 0 Å². The van der Waals surface area contributed by atoms with Crippen molar-refractivity contribution in [3.63, 3.8) is 0 Å². The van der Waals surface area contributed by atoms with Crippen LogP contribution in [0.4, 0.5) is 0 Å². The van der Waals surface area contributed by atoms with Crippen molar-refractivity contribution in [1.82, 2.24) is 0 Å². The van der Waals surface area contributed by atoms with Gasteiger partial charge >= 0.3 is 0 Å². The maximum absolute atomic E-state index is 5.91. The lowest BCUT2D eigenvalue weighted by Gasteiger charge is -2.48. The third-order valence-corrected chi connectivity index (χ3v) is 5.08. The fraction of sp³-hybridized carbons (Fsp3) is 1.00. The van der Waals surface area contributed by atoms with Gasteiger partial charge in [0.05, 0.1) is 18.0 Å². The molecule has 3 aliphatic rings. The molecular weight excluding hydrogens is 244 g/mol. The van der Waals surface area contributed by atoms with Gasteiger partial charge in [-0.1, -0.05) is 28.8 Å². The first-order valence-electron chi connectivity index (χ1n) is 5.73. The Kier molecular flexibility index (Phi) is 2.38. The van der Waals surface area contributed by atoms with Crippen LogP contribution in [0.3, 0.4) is 0 Å². The molecule has 0 aromatic rings. The molecule has 3 atom stereocenters. The molecule has 3 fully saturated rings. The Hall–Kier alpha value is 0.400. The fourth-order valence-electron chi connectivity index (χ4n) is 3.44. The van der Waals surface area contributed by atoms with Crippen molar-refractivity contribution in [2.24, 2.45) is 11.8 Å². The number of hydrogen-bond acceptors (Lipinski definition) is 2. The Morgan fingerprint density at radius 2 is 1.86 bits per heavy atom. The van der Waals surface area contributed by atoms with Crippen molar-refractivity contribution < 1.29 is 9.47 Å². The highest BCUT2D eigenvalue weighted by Crippen LogP contribution is 2.51. The second-order valence-corrected chi connectivity index (χ2v) is 5.96. The molecule has 1 aliphatic heterocycles. The monoisotopic (exact) mass is 260 g/mol. The van der Waals surface area contributed by atoms with Crippen LogP contribution < -0.4 is 0 Å². The predicted molar refractivity (Wildman–Crippen MR) is 57.4 cm³/mol. The smallest absolute Gasteiger partial charge is 0.183 e. The Morgan fingerprint density at radius 3 is 2.64 bits per heavy atom. The lowest BCUT2D eigenvalue weighted by Crippen LogP contribution is -2.53. The van der Waals surface area contributed by atoms with E-state index < -0.39 is 0 Å². The van der Waals surface area contributed by atoms with E-state index >= 15 is 0 Å². The van der Waals surface area contributed by atoms with Gasteiger partial charge in [0.2, 0.25) is 0 Å². The molecule has 80 valence electrons. The van der Waals surface area contributed by atoms with Gasteiger partial charge in [0, 0.05) is 5.92 Å². The van der Waals surface area contributed by atoms with E-state index in [4.69, 9.17) is 9.47 Å². The SMILES string of the molecule is BrC1CC2CCCC(C2)C12OCCO2. The van der Waals surface area contributed by atoms with Crippen molar-refractivity contribution in [2.45, 2.75) is 42.7 Å². The van der Waals surface area contributed by atoms with Crippen LogP contribution in [0.15, 0.2) is 0 Å². The average Bonchev–Trinajstić information content (AvgIpc) is 2.66. The van der Waals surface area contributed by atoms with Crippen LogP contribution in [0.5, 0.6) is 0 Å². The minimum Gasteiger partial charge on any atom is -0.346 e. The number of ether oxygens (including phenoxy) is 2. The Bertz CT molecular complexity index is 223. The molecule has 1 heterocycles. The Morgan fingerprint density at radius 1 is 1.07 bits per heavy atom. The summed E-state index contributed by atoms with van der Waals surface area (Å²) in [5, 5.41) is 0. The van der Waals surface area contributed by atoms with Gasteiger partial charge in [-0.2, -0.15) is 0 Å². The van der Waals surface area contributed by atoms with Crippen molar-refractivity contribution in [3.8, 4) is 0 Å². The minimum atomic E-state index is -0.253. The van der Waals surface area contributed by atoms with Crippen molar-refractivity contribution in [1.29, 1.82) is 0 Å². The van der Waals surface area contributed by atoms with E-state index in [0.29, 0.717) is 10.7 Å². The Labute approximate surface area is 93.5 Å². The molecule has 0 aromatic carbocycles. The van der Waals surface area contributed by atoms with Gasteiger partial charge in [-0.15, -0.1) is 0 Å². The topological polar surface area (TPSA) is 18.5 Å². The van der Waals surface area contributed by atoms with E-state index in [0.717, 1.165) is 19.1 Å². The first kappa shape index (κ1) is 9.61. The highest BCUT2D eigenvalue weighted by Gasteiger charge is 2.54. The molecule has 3 unspecified atom stereocenters. The number of alkyl halides is 1. The summed E-state index contributed by atoms with van der Waals surface area (Å²) in [6, 6.07) is 0. The van der Waals surface area contributed by atoms with E-state index in [1.54, 1.807) is 0 Å². The molecule has 1 saturated heterocycles. The summed E-state index contributed by atoms with van der Waals surface area (Å²) in [6.45, 7) is 1.56. The number of halogens is 1. The van der Waals surface area contributed by atoms with E-state index in [1.807, 2.05) is 0 Å². The summed E-state index contributed by atoms with van der Waals surface area (Å²) in [7, 11) is 0. The van der Waals surface area contributed by atoms with Gasteiger partial charge in [0.1, 0.15) is 0 Å². The molecule has 2 nitrogen and oxygen atoms in total. The highest BCUT2D eigenvalue weighted by atomic mass is 79.9. The first-order valence-corrected chi connectivity index (χ1v) is 6.65. The molecule has 1 spiro atoms. The Balaban J connectivity index is 1.87. The molecule has 2 saturated carbocycles. The molecule has 2 aliphatic carbocycles. The molecule has 0 radical (unpaired) electrons. The summed E-state index contributed by atoms with van der Waals surface area (Å²) in [6.07, 6.45) is 6.62. The second-order valence-electron chi connectivity index (χ2n) is 4.85. The maximum Gasteiger partial charge on any atom is 0.183 e. The van der Waals surface area contributed by atoms with E-state index in [1.165, 1.54) is 32.1 Å². The van der Waals surface area contributed by atoms with Crippen molar-refractivity contribution in [3.05, 3.63) is 0 Å². The van der Waals surface area contributed by atoms with Crippen molar-refractivity contribution >= 4 is 15.9 Å². The molecule has 3 heteroatoms. The quantitative estimate of drug-likeness (QED) is 0.624. The highest BCUT2D eigenvalue weighted by molar-refractivity contribution is 9.09. The van der Waals surface area contributed by atoms with E-state index in [-0.39, 0.29) is 5.79 Å². The molecule has 14 heavy (non-hydrogen) atoms. The molecular formula is C11H17BrO2. The zero-order chi connectivity index (χ0) is 9.60. The van der Waals surface area contributed by atoms with Gasteiger partial charge < -0.3 is 9.47 Å². The fourth-order valence-corrected chi connectivity index (χ4v) is 4.61. The van der Waals surface area contributed by atoms with Gasteiger partial charge in [-0.25, -0.2) is 0 Å². The summed E-state index contributed by atoms with van der Waals surface area (Å²) in [5.74, 6) is 1.30. The first-order chi connectivity index (χ1) is 6.81. The van der Waals surface area contributed by atoms with Crippen LogP contribution in [0, 0.1) is 11.8 Å². The molecule has 2 bridgehead atoms. The zero-order valence-corrected chi connectivity index (χ0v) is 9.96. The van der Waals surface area contributed by atoms with Gasteiger partial charge in [-0.05, 0) is 25.2 Å². The van der Waals surface area contributed by atoms with Gasteiger partial charge in [0.25, 0.3) is 0 Å². The molecule has 0 N–H and O–H groups in total. The molecule has 3 rings (SSSR count). The number of rotatable bonds is 0. The lowest BCUT2D eigenvalue weighted by molar-refractivity contribution is -0.219. The summed E-state index contributed by atoms with van der Waals surface area (Å²) in [5.41, 5.74) is 0. The maximum atomic E-state index is 5.91. The average molecular weight is 261 g/mol. The third-order valence-electron chi connectivity index (χ3n) is 4.07. The van der Waals surface area contributed by atoms with Gasteiger partial charge in [0.15, 0.2) is 5.79 Å². The predicted octanol–water partition coefficient (Wildman–Crippen LogP) is 2.70. The molecule has 0 amide bonds. The van der Waals surface area contributed by atoms with Crippen LogP contribution in [-0.4, -0.2) is 23.8 Å². The summed E-state index contributed by atoms with van der Waals surface area (Å²) < 4.78 is 11.8. The largest absolute Gasteiger partial charge is 0.346 e. The lowest BCUT2D eigenvalue weighted by atomic mass is 9.69. The number of fused-ring (bicyclic) bond motifs is 3. The summed E-state index contributed by atoms with van der Waals surface area (Å²) >= 11 is 3.78. The van der Waals surface area contributed by atoms with Crippen LogP contribution >= 0.6 is 15.9 Å². The van der Waals surface area contributed by atoms with E-state index in [9.17, 15) is 0 Å². The zero-order valence-electron chi connectivity index (χ0n) is 8.38. The van der Waals surface area contributed by atoms with Crippen LogP contribution in [-0.2, 0) is 9.47 Å². The normalized spacial score (nSPS) is 45.6. The van der Waals surface area contributed by atoms with E-state index in [2.05, 4.69) is 15.9 Å². The van der Waals surface area contributed by atoms with Crippen molar-refractivity contribution in [2.75, 3.05) is 13.2 Å². The van der Waals surface area contributed by atoms with Crippen LogP contribution in [0.2, 0.25) is 0 Å². The van der Waals surface area contributed by atoms with Crippen LogP contribution in [0.1, 0.15) is 32.1 Å². The van der Waals surface area contributed by atoms with Gasteiger partial charge in [-0.3, -0.25) is 0 Å².